The lowest BCUT2D eigenvalue weighted by Crippen LogP contribution is -2.39. The number of nitrogens with one attached hydrogen (secondary N) is 1. The SMILES string of the molecule is COc1ccc(N(CC(=O)N/N=C\c2ccc(F)cc2)S(=O)(=O)c2ccccc2)cc1OC. The van der Waals surface area contributed by atoms with Gasteiger partial charge in [0.25, 0.3) is 15.9 Å². The van der Waals surface area contributed by atoms with Gasteiger partial charge in [-0.1, -0.05) is 30.3 Å². The summed E-state index contributed by atoms with van der Waals surface area (Å²) in [6, 6.07) is 17.8. The number of ether oxygens (including phenoxy) is 2. The van der Waals surface area contributed by atoms with E-state index >= 15 is 0 Å². The Bertz CT molecular complexity index is 1230. The largest absolute Gasteiger partial charge is 0.493 e. The molecular weight excluding hydrogens is 449 g/mol. The van der Waals surface area contributed by atoms with Gasteiger partial charge in [-0.25, -0.2) is 18.2 Å². The fraction of sp³-hybridized carbons (Fsp3) is 0.130. The lowest BCUT2D eigenvalue weighted by atomic mass is 10.2. The second kappa shape index (κ2) is 10.6. The van der Waals surface area contributed by atoms with Crippen LogP contribution in [0.25, 0.3) is 0 Å². The molecule has 1 amide bonds. The molecule has 0 saturated carbocycles. The number of carbonyl (C=O) groups excluding carboxylic acids is 1. The molecule has 0 aliphatic heterocycles. The number of hydrogen-bond acceptors (Lipinski definition) is 6. The van der Waals surface area contributed by atoms with Crippen molar-refractivity contribution in [3.05, 3.63) is 84.2 Å². The first-order valence-electron chi connectivity index (χ1n) is 9.72. The summed E-state index contributed by atoms with van der Waals surface area (Å²) in [5.41, 5.74) is 3.06. The van der Waals surface area contributed by atoms with E-state index in [0.717, 1.165) is 4.31 Å². The molecular formula is C23H22FN3O5S. The van der Waals surface area contributed by atoms with Crippen molar-refractivity contribution in [1.82, 2.24) is 5.43 Å². The molecule has 0 aliphatic carbocycles. The van der Waals surface area contributed by atoms with Gasteiger partial charge in [-0.2, -0.15) is 5.10 Å². The molecule has 1 N–H and O–H groups in total. The minimum atomic E-state index is -4.09. The van der Waals surface area contributed by atoms with Crippen LogP contribution in [0.5, 0.6) is 11.5 Å². The molecule has 0 aliphatic rings. The van der Waals surface area contributed by atoms with Crippen molar-refractivity contribution in [3.8, 4) is 11.5 Å². The Balaban J connectivity index is 1.89. The molecule has 172 valence electrons. The number of halogens is 1. The van der Waals surface area contributed by atoms with Crippen LogP contribution in [0.4, 0.5) is 10.1 Å². The Kier molecular flexibility index (Phi) is 7.62. The first-order valence-corrected chi connectivity index (χ1v) is 11.2. The summed E-state index contributed by atoms with van der Waals surface area (Å²) in [6.45, 7) is -0.548. The summed E-state index contributed by atoms with van der Waals surface area (Å²) in [5.74, 6) is -0.361. The zero-order valence-corrected chi connectivity index (χ0v) is 18.8. The van der Waals surface area contributed by atoms with Gasteiger partial charge >= 0.3 is 0 Å². The topological polar surface area (TPSA) is 97.3 Å². The van der Waals surface area contributed by atoms with Gasteiger partial charge in [0.05, 0.1) is 31.0 Å². The summed E-state index contributed by atoms with van der Waals surface area (Å²) >= 11 is 0. The number of carbonyl (C=O) groups is 1. The Labute approximate surface area is 191 Å². The van der Waals surface area contributed by atoms with Crippen molar-refractivity contribution in [1.29, 1.82) is 0 Å². The third kappa shape index (κ3) is 5.86. The third-order valence-electron chi connectivity index (χ3n) is 4.55. The van der Waals surface area contributed by atoms with E-state index < -0.39 is 28.3 Å². The van der Waals surface area contributed by atoms with E-state index in [-0.39, 0.29) is 10.6 Å². The van der Waals surface area contributed by atoms with E-state index in [2.05, 4.69) is 10.5 Å². The molecule has 0 spiro atoms. The molecule has 33 heavy (non-hydrogen) atoms. The van der Waals surface area contributed by atoms with Gasteiger partial charge in [-0.15, -0.1) is 0 Å². The highest BCUT2D eigenvalue weighted by molar-refractivity contribution is 7.92. The highest BCUT2D eigenvalue weighted by atomic mass is 32.2. The first-order chi connectivity index (χ1) is 15.8. The second-order valence-electron chi connectivity index (χ2n) is 6.71. The Hall–Kier alpha value is -3.92. The van der Waals surface area contributed by atoms with Gasteiger partial charge < -0.3 is 9.47 Å². The maximum Gasteiger partial charge on any atom is 0.264 e. The maximum absolute atomic E-state index is 13.3. The quantitative estimate of drug-likeness (QED) is 0.382. The highest BCUT2D eigenvalue weighted by Gasteiger charge is 2.28. The number of methoxy groups -OCH3 is 2. The van der Waals surface area contributed by atoms with Gasteiger partial charge in [0.1, 0.15) is 12.4 Å². The Morgan fingerprint density at radius 2 is 1.67 bits per heavy atom. The van der Waals surface area contributed by atoms with Crippen molar-refractivity contribution in [2.45, 2.75) is 4.90 Å². The number of sulfonamides is 1. The second-order valence-corrected chi connectivity index (χ2v) is 8.57. The summed E-state index contributed by atoms with van der Waals surface area (Å²) in [4.78, 5) is 12.6. The Morgan fingerprint density at radius 1 is 1.00 bits per heavy atom. The smallest absolute Gasteiger partial charge is 0.264 e. The number of benzene rings is 3. The highest BCUT2D eigenvalue weighted by Crippen LogP contribution is 2.33. The van der Waals surface area contributed by atoms with Gasteiger partial charge in [-0.3, -0.25) is 9.10 Å². The van der Waals surface area contributed by atoms with E-state index in [0.29, 0.717) is 17.1 Å². The van der Waals surface area contributed by atoms with Crippen molar-refractivity contribution in [2.75, 3.05) is 25.1 Å². The zero-order valence-electron chi connectivity index (χ0n) is 17.9. The van der Waals surface area contributed by atoms with Gasteiger partial charge in [0.2, 0.25) is 0 Å². The van der Waals surface area contributed by atoms with Crippen molar-refractivity contribution < 1.29 is 27.1 Å². The summed E-state index contributed by atoms with van der Waals surface area (Å²) in [7, 11) is -1.21. The predicted octanol–water partition coefficient (Wildman–Crippen LogP) is 3.19. The van der Waals surface area contributed by atoms with Gasteiger partial charge in [0, 0.05) is 6.07 Å². The van der Waals surface area contributed by atoms with Crippen LogP contribution in [0.2, 0.25) is 0 Å². The molecule has 10 heteroatoms. The fourth-order valence-corrected chi connectivity index (χ4v) is 4.34. The van der Waals surface area contributed by atoms with Crippen LogP contribution in [0.15, 0.2) is 82.8 Å². The number of amides is 1. The lowest BCUT2D eigenvalue weighted by molar-refractivity contribution is -0.119. The molecule has 0 saturated heterocycles. The number of anilines is 1. The van der Waals surface area contributed by atoms with Crippen molar-refractivity contribution >= 4 is 27.8 Å². The molecule has 3 aromatic carbocycles. The average Bonchev–Trinajstić information content (AvgIpc) is 2.83. The van der Waals surface area contributed by atoms with Crippen LogP contribution in [-0.2, 0) is 14.8 Å². The molecule has 8 nitrogen and oxygen atoms in total. The molecule has 0 bridgehead atoms. The van der Waals surface area contributed by atoms with Crippen LogP contribution in [0.3, 0.4) is 0 Å². The van der Waals surface area contributed by atoms with E-state index in [1.165, 1.54) is 69.0 Å². The third-order valence-corrected chi connectivity index (χ3v) is 6.33. The van der Waals surface area contributed by atoms with E-state index in [4.69, 9.17) is 9.47 Å². The predicted molar refractivity (Wildman–Crippen MR) is 123 cm³/mol. The van der Waals surface area contributed by atoms with Gasteiger partial charge in [0.15, 0.2) is 11.5 Å². The summed E-state index contributed by atoms with van der Waals surface area (Å²) in [6.07, 6.45) is 1.32. The van der Waals surface area contributed by atoms with E-state index in [9.17, 15) is 17.6 Å². The van der Waals surface area contributed by atoms with Crippen LogP contribution >= 0.6 is 0 Å². The number of hydrazone groups is 1. The summed E-state index contributed by atoms with van der Waals surface area (Å²) in [5, 5.41) is 3.82. The molecule has 0 heterocycles. The molecule has 0 unspecified atom stereocenters. The average molecular weight is 472 g/mol. The molecule has 0 aromatic heterocycles. The first kappa shape index (κ1) is 23.7. The monoisotopic (exact) mass is 471 g/mol. The minimum Gasteiger partial charge on any atom is -0.493 e. The summed E-state index contributed by atoms with van der Waals surface area (Å²) < 4.78 is 51.1. The number of rotatable bonds is 9. The van der Waals surface area contributed by atoms with Crippen LogP contribution in [0, 0.1) is 5.82 Å². The van der Waals surface area contributed by atoms with Gasteiger partial charge in [-0.05, 0) is 42.0 Å². The maximum atomic E-state index is 13.3. The molecule has 0 atom stereocenters. The fourth-order valence-electron chi connectivity index (χ4n) is 2.91. The standard InChI is InChI=1S/C23H22FN3O5S/c1-31-21-13-12-19(14-22(21)32-2)27(33(29,30)20-6-4-3-5-7-20)16-23(28)26-25-15-17-8-10-18(24)11-9-17/h3-15H,16H2,1-2H3,(H,26,28)/b25-15-. The number of nitrogens with zero attached hydrogens (tertiary/aromatic N) is 2. The van der Waals surface area contributed by atoms with E-state index in [1.54, 1.807) is 24.3 Å². The molecule has 0 fully saturated rings. The molecule has 0 radical (unpaired) electrons. The lowest BCUT2D eigenvalue weighted by Gasteiger charge is -2.24. The molecule has 3 aromatic rings. The van der Waals surface area contributed by atoms with Crippen LogP contribution < -0.4 is 19.2 Å². The van der Waals surface area contributed by atoms with E-state index in [1.807, 2.05) is 0 Å². The van der Waals surface area contributed by atoms with Crippen LogP contribution in [0.1, 0.15) is 5.56 Å². The van der Waals surface area contributed by atoms with Crippen LogP contribution in [-0.4, -0.2) is 41.3 Å². The zero-order chi connectivity index (χ0) is 23.8. The Morgan fingerprint density at radius 3 is 2.30 bits per heavy atom. The van der Waals surface area contributed by atoms with Crippen molar-refractivity contribution in [3.63, 3.8) is 0 Å². The molecule has 3 rings (SSSR count). The normalized spacial score (nSPS) is 11.2. The minimum absolute atomic E-state index is 0.0161. The van der Waals surface area contributed by atoms with Crippen molar-refractivity contribution in [2.24, 2.45) is 5.10 Å². The number of hydrogen-bond donors (Lipinski definition) is 1.